The third-order valence-electron chi connectivity index (χ3n) is 5.65. The Morgan fingerprint density at radius 2 is 2.10 bits per heavy atom. The van der Waals surface area contributed by atoms with Crippen molar-refractivity contribution in [2.45, 2.75) is 53.0 Å². The van der Waals surface area contributed by atoms with Crippen molar-refractivity contribution in [3.63, 3.8) is 0 Å². The van der Waals surface area contributed by atoms with Gasteiger partial charge in [0.05, 0.1) is 0 Å². The van der Waals surface area contributed by atoms with Gasteiger partial charge in [-0.15, -0.1) is 0 Å². The molecule has 2 fully saturated rings. The molecule has 0 saturated heterocycles. The van der Waals surface area contributed by atoms with E-state index in [1.54, 1.807) is 0 Å². The van der Waals surface area contributed by atoms with Gasteiger partial charge in [-0.1, -0.05) is 20.8 Å². The Bertz CT molecular complexity index is 522. The third kappa shape index (κ3) is 1.87. The molecule has 0 radical (unpaired) electrons. The van der Waals surface area contributed by atoms with Crippen molar-refractivity contribution in [2.24, 2.45) is 22.6 Å². The molecule has 0 aromatic carbocycles. The highest BCUT2D eigenvalue weighted by Gasteiger charge is 2.59. The van der Waals surface area contributed by atoms with Crippen molar-refractivity contribution >= 4 is 11.8 Å². The summed E-state index contributed by atoms with van der Waals surface area (Å²) in [7, 11) is 0. The van der Waals surface area contributed by atoms with E-state index in [9.17, 15) is 0 Å². The SMILES string of the molecule is Cc1cnc(NN)nc1NC1C2(C)CCC(C2)C1(C)C. The Morgan fingerprint density at radius 3 is 2.70 bits per heavy atom. The van der Waals surface area contributed by atoms with Gasteiger partial charge < -0.3 is 5.32 Å². The topological polar surface area (TPSA) is 75.9 Å². The molecule has 1 aromatic rings. The fraction of sp³-hybridized carbons (Fsp3) is 0.733. The molecular weight excluding hydrogens is 250 g/mol. The van der Waals surface area contributed by atoms with E-state index in [0.717, 1.165) is 17.3 Å². The zero-order valence-corrected chi connectivity index (χ0v) is 12.8. The Labute approximate surface area is 120 Å². The van der Waals surface area contributed by atoms with Crippen LogP contribution < -0.4 is 16.6 Å². The molecule has 1 aromatic heterocycles. The molecule has 2 aliphatic rings. The lowest BCUT2D eigenvalue weighted by atomic mass is 9.68. The number of nitrogens with zero attached hydrogens (tertiary/aromatic N) is 2. The van der Waals surface area contributed by atoms with Crippen LogP contribution in [0.1, 0.15) is 45.6 Å². The fourth-order valence-corrected chi connectivity index (χ4v) is 4.46. The zero-order chi connectivity index (χ0) is 14.5. The highest BCUT2D eigenvalue weighted by molar-refractivity contribution is 5.48. The molecule has 5 nitrogen and oxygen atoms in total. The molecule has 3 rings (SSSR count). The molecule has 0 aliphatic heterocycles. The summed E-state index contributed by atoms with van der Waals surface area (Å²) in [5.74, 6) is 7.60. The number of hydrogen-bond donors (Lipinski definition) is 3. The molecule has 2 saturated carbocycles. The minimum atomic E-state index is 0.306. The predicted octanol–water partition coefficient (Wildman–Crippen LogP) is 2.70. The van der Waals surface area contributed by atoms with Crippen LogP contribution in [-0.2, 0) is 0 Å². The van der Waals surface area contributed by atoms with Crippen LogP contribution in [0.3, 0.4) is 0 Å². The van der Waals surface area contributed by atoms with E-state index in [2.05, 4.69) is 41.5 Å². The van der Waals surface area contributed by atoms with E-state index in [1.165, 1.54) is 19.3 Å². The number of aryl methyl sites for hydroxylation is 1. The van der Waals surface area contributed by atoms with Gasteiger partial charge in [-0.25, -0.2) is 10.8 Å². The summed E-state index contributed by atoms with van der Waals surface area (Å²) in [6, 6.07) is 0.452. The van der Waals surface area contributed by atoms with Crippen LogP contribution in [0.4, 0.5) is 11.8 Å². The molecule has 4 N–H and O–H groups in total. The number of rotatable bonds is 3. The quantitative estimate of drug-likeness (QED) is 0.584. The summed E-state index contributed by atoms with van der Waals surface area (Å²) in [4.78, 5) is 8.62. The lowest BCUT2D eigenvalue weighted by Crippen LogP contribution is -2.46. The highest BCUT2D eigenvalue weighted by Crippen LogP contribution is 2.63. The standard InChI is InChI=1S/C15H25N5/c1-9-8-17-13(20-16)19-11(9)18-12-14(2,3)10-5-6-15(12,4)7-10/h8,10,12H,5-7,16H2,1-4H3,(H2,17,18,19,20). The maximum absolute atomic E-state index is 5.41. The van der Waals surface area contributed by atoms with E-state index >= 15 is 0 Å². The number of hydrogen-bond acceptors (Lipinski definition) is 5. The Morgan fingerprint density at radius 1 is 1.35 bits per heavy atom. The lowest BCUT2D eigenvalue weighted by Gasteiger charge is -2.43. The molecule has 3 unspecified atom stereocenters. The second kappa shape index (κ2) is 4.32. The maximum Gasteiger partial charge on any atom is 0.239 e. The summed E-state index contributed by atoms with van der Waals surface area (Å²) in [6.45, 7) is 9.22. The first kappa shape index (κ1) is 13.6. The van der Waals surface area contributed by atoms with Gasteiger partial charge >= 0.3 is 0 Å². The number of nitrogen functional groups attached to an aromatic ring is 1. The third-order valence-corrected chi connectivity index (χ3v) is 5.65. The molecule has 0 amide bonds. The van der Waals surface area contributed by atoms with Gasteiger partial charge in [0.15, 0.2) is 0 Å². The maximum atomic E-state index is 5.41. The molecule has 3 atom stereocenters. The van der Waals surface area contributed by atoms with Gasteiger partial charge in [0.1, 0.15) is 5.82 Å². The van der Waals surface area contributed by atoms with E-state index in [4.69, 9.17) is 5.84 Å². The Hall–Kier alpha value is -1.36. The van der Waals surface area contributed by atoms with Crippen LogP contribution in [0.15, 0.2) is 6.20 Å². The van der Waals surface area contributed by atoms with Crippen LogP contribution in [0.2, 0.25) is 0 Å². The van der Waals surface area contributed by atoms with Crippen molar-refractivity contribution in [2.75, 3.05) is 10.7 Å². The van der Waals surface area contributed by atoms with Crippen molar-refractivity contribution in [1.29, 1.82) is 0 Å². The molecule has 0 spiro atoms. The van der Waals surface area contributed by atoms with Crippen LogP contribution in [-0.4, -0.2) is 16.0 Å². The zero-order valence-electron chi connectivity index (χ0n) is 12.8. The number of nitrogens with two attached hydrogens (primary N) is 1. The molecule has 20 heavy (non-hydrogen) atoms. The van der Waals surface area contributed by atoms with E-state index in [-0.39, 0.29) is 0 Å². The first-order valence-corrected chi connectivity index (χ1v) is 7.43. The van der Waals surface area contributed by atoms with Gasteiger partial charge in [-0.05, 0) is 42.9 Å². The Kier molecular flexibility index (Phi) is 2.94. The minimum Gasteiger partial charge on any atom is -0.366 e. The molecule has 5 heteroatoms. The lowest BCUT2D eigenvalue weighted by molar-refractivity contribution is 0.155. The van der Waals surface area contributed by atoms with Gasteiger partial charge in [0, 0.05) is 17.8 Å². The summed E-state index contributed by atoms with van der Waals surface area (Å²) in [5.41, 5.74) is 4.27. The normalized spacial score (nSPS) is 34.2. The highest BCUT2D eigenvalue weighted by atomic mass is 15.3. The van der Waals surface area contributed by atoms with Crippen LogP contribution in [0, 0.1) is 23.7 Å². The first-order chi connectivity index (χ1) is 9.37. The van der Waals surface area contributed by atoms with Crippen molar-refractivity contribution in [1.82, 2.24) is 9.97 Å². The second-order valence-electron chi connectivity index (χ2n) is 7.36. The Balaban J connectivity index is 1.91. The van der Waals surface area contributed by atoms with Crippen LogP contribution >= 0.6 is 0 Å². The van der Waals surface area contributed by atoms with Crippen LogP contribution in [0.5, 0.6) is 0 Å². The predicted molar refractivity (Wildman–Crippen MR) is 81.2 cm³/mol. The van der Waals surface area contributed by atoms with Crippen molar-refractivity contribution in [3.8, 4) is 0 Å². The van der Waals surface area contributed by atoms with E-state index in [0.29, 0.717) is 22.8 Å². The minimum absolute atomic E-state index is 0.306. The van der Waals surface area contributed by atoms with E-state index in [1.807, 2.05) is 13.1 Å². The molecular formula is C15H25N5. The van der Waals surface area contributed by atoms with Gasteiger partial charge in [0.25, 0.3) is 0 Å². The molecule has 1 heterocycles. The summed E-state index contributed by atoms with van der Waals surface area (Å²) >= 11 is 0. The molecule has 2 aliphatic carbocycles. The number of hydrazine groups is 1. The largest absolute Gasteiger partial charge is 0.366 e. The second-order valence-corrected chi connectivity index (χ2v) is 7.36. The van der Waals surface area contributed by atoms with Gasteiger partial charge in [-0.2, -0.15) is 4.98 Å². The van der Waals surface area contributed by atoms with Gasteiger partial charge in [0.2, 0.25) is 5.95 Å². The number of aromatic nitrogens is 2. The summed E-state index contributed by atoms with van der Waals surface area (Å²) in [5, 5.41) is 3.70. The van der Waals surface area contributed by atoms with Crippen molar-refractivity contribution < 1.29 is 0 Å². The fourth-order valence-electron chi connectivity index (χ4n) is 4.46. The monoisotopic (exact) mass is 275 g/mol. The van der Waals surface area contributed by atoms with Crippen molar-refractivity contribution in [3.05, 3.63) is 11.8 Å². The molecule has 110 valence electrons. The average molecular weight is 275 g/mol. The summed E-state index contributed by atoms with van der Waals surface area (Å²) < 4.78 is 0. The van der Waals surface area contributed by atoms with E-state index < -0.39 is 0 Å². The average Bonchev–Trinajstić information content (AvgIpc) is 2.88. The molecule has 2 bridgehead atoms. The smallest absolute Gasteiger partial charge is 0.239 e. The van der Waals surface area contributed by atoms with Crippen LogP contribution in [0.25, 0.3) is 0 Å². The first-order valence-electron chi connectivity index (χ1n) is 7.43. The summed E-state index contributed by atoms with van der Waals surface area (Å²) in [6.07, 6.45) is 5.81. The number of anilines is 2. The van der Waals surface area contributed by atoms with Gasteiger partial charge in [-0.3, -0.25) is 5.43 Å². The number of nitrogens with one attached hydrogen (secondary N) is 2. The number of fused-ring (bicyclic) bond motifs is 2.